The van der Waals surface area contributed by atoms with Crippen LogP contribution in [0.3, 0.4) is 0 Å². The zero-order valence-electron chi connectivity index (χ0n) is 11.5. The highest BCUT2D eigenvalue weighted by molar-refractivity contribution is 5.93. The molecule has 3 nitrogen and oxygen atoms in total. The van der Waals surface area contributed by atoms with Crippen molar-refractivity contribution >= 4 is 11.6 Å². The molecule has 0 atom stereocenters. The number of hydrogen-bond acceptors (Lipinski definition) is 1. The fraction of sp³-hybridized carbons (Fsp3) is 0.312. The number of aryl methyl sites for hydroxylation is 2. The van der Waals surface area contributed by atoms with Gasteiger partial charge in [-0.15, -0.1) is 0 Å². The van der Waals surface area contributed by atoms with E-state index in [1.54, 1.807) is 0 Å². The van der Waals surface area contributed by atoms with Crippen LogP contribution in [0.4, 0.5) is 5.69 Å². The summed E-state index contributed by atoms with van der Waals surface area (Å²) in [5.41, 5.74) is 2.17. The molecule has 0 aliphatic rings. The van der Waals surface area contributed by atoms with Crippen LogP contribution in [-0.2, 0) is 18.3 Å². The fourth-order valence-corrected chi connectivity index (χ4v) is 2.24. The summed E-state index contributed by atoms with van der Waals surface area (Å²) in [7, 11) is 2.01. The molecule has 0 unspecified atom stereocenters. The number of nitrogens with zero attached hydrogens (tertiary/aromatic N) is 2. The van der Waals surface area contributed by atoms with Gasteiger partial charge >= 0.3 is 0 Å². The summed E-state index contributed by atoms with van der Waals surface area (Å²) in [6.45, 7) is 2.71. The van der Waals surface area contributed by atoms with Crippen LogP contribution in [0.5, 0.6) is 0 Å². The first-order valence-electron chi connectivity index (χ1n) is 6.68. The summed E-state index contributed by atoms with van der Waals surface area (Å²) in [4.78, 5) is 14.1. The second-order valence-corrected chi connectivity index (χ2v) is 4.58. The van der Waals surface area contributed by atoms with Crippen molar-refractivity contribution < 1.29 is 4.79 Å². The van der Waals surface area contributed by atoms with Gasteiger partial charge in [0.05, 0.1) is 0 Å². The number of amides is 1. The van der Waals surface area contributed by atoms with Crippen LogP contribution in [-0.4, -0.2) is 17.0 Å². The minimum absolute atomic E-state index is 0.176. The Morgan fingerprint density at radius 2 is 1.89 bits per heavy atom. The lowest BCUT2D eigenvalue weighted by molar-refractivity contribution is -0.118. The highest BCUT2D eigenvalue weighted by Crippen LogP contribution is 2.15. The standard InChI is InChI=1S/C16H20N2O/c1-3-18(15-8-5-4-6-9-15)16(19)12-11-14-10-7-13-17(14)2/h4-10,13H,3,11-12H2,1-2H3. The molecule has 3 heteroatoms. The maximum absolute atomic E-state index is 12.3. The normalized spacial score (nSPS) is 10.4. The van der Waals surface area contributed by atoms with E-state index in [0.29, 0.717) is 13.0 Å². The number of carbonyl (C=O) groups is 1. The van der Waals surface area contributed by atoms with Crippen molar-refractivity contribution in [2.75, 3.05) is 11.4 Å². The Morgan fingerprint density at radius 1 is 1.16 bits per heavy atom. The Hall–Kier alpha value is -2.03. The molecule has 0 spiro atoms. The van der Waals surface area contributed by atoms with Crippen LogP contribution in [0, 0.1) is 0 Å². The van der Waals surface area contributed by atoms with Gasteiger partial charge in [-0.25, -0.2) is 0 Å². The topological polar surface area (TPSA) is 25.2 Å². The van der Waals surface area contributed by atoms with Crippen molar-refractivity contribution in [1.82, 2.24) is 4.57 Å². The van der Waals surface area contributed by atoms with Gasteiger partial charge in [-0.1, -0.05) is 18.2 Å². The van der Waals surface area contributed by atoms with Gasteiger partial charge in [-0.2, -0.15) is 0 Å². The maximum atomic E-state index is 12.3. The van der Waals surface area contributed by atoms with E-state index >= 15 is 0 Å². The third kappa shape index (κ3) is 3.25. The van der Waals surface area contributed by atoms with Gasteiger partial charge in [-0.3, -0.25) is 4.79 Å². The lowest BCUT2D eigenvalue weighted by atomic mass is 10.2. The van der Waals surface area contributed by atoms with Crippen LogP contribution >= 0.6 is 0 Å². The van der Waals surface area contributed by atoms with Crippen LogP contribution in [0.2, 0.25) is 0 Å². The lowest BCUT2D eigenvalue weighted by Crippen LogP contribution is -2.30. The van der Waals surface area contributed by atoms with Crippen molar-refractivity contribution in [3.05, 3.63) is 54.4 Å². The van der Waals surface area contributed by atoms with Crippen molar-refractivity contribution in [2.24, 2.45) is 7.05 Å². The molecule has 0 bridgehead atoms. The fourth-order valence-electron chi connectivity index (χ4n) is 2.24. The third-order valence-electron chi connectivity index (χ3n) is 3.33. The van der Waals surface area contributed by atoms with Crippen molar-refractivity contribution in [1.29, 1.82) is 0 Å². The molecular weight excluding hydrogens is 236 g/mol. The van der Waals surface area contributed by atoms with Crippen LogP contribution in [0.1, 0.15) is 19.0 Å². The Balaban J connectivity index is 2.00. The van der Waals surface area contributed by atoms with Gasteiger partial charge < -0.3 is 9.47 Å². The zero-order valence-corrected chi connectivity index (χ0v) is 11.5. The molecule has 1 aromatic carbocycles. The summed E-state index contributed by atoms with van der Waals surface area (Å²) in [5.74, 6) is 0.176. The monoisotopic (exact) mass is 256 g/mol. The van der Waals surface area contributed by atoms with Crippen LogP contribution in [0.15, 0.2) is 48.7 Å². The first kappa shape index (κ1) is 13.4. The molecule has 0 aliphatic heterocycles. The van der Waals surface area contributed by atoms with Crippen LogP contribution in [0.25, 0.3) is 0 Å². The molecular formula is C16H20N2O. The van der Waals surface area contributed by atoms with Gasteiger partial charge in [0.15, 0.2) is 0 Å². The third-order valence-corrected chi connectivity index (χ3v) is 3.33. The molecule has 0 radical (unpaired) electrons. The average Bonchev–Trinajstić information content (AvgIpc) is 2.84. The van der Waals surface area contributed by atoms with E-state index < -0.39 is 0 Å². The second-order valence-electron chi connectivity index (χ2n) is 4.58. The Morgan fingerprint density at radius 3 is 2.47 bits per heavy atom. The minimum Gasteiger partial charge on any atom is -0.354 e. The molecule has 1 aromatic heterocycles. The summed E-state index contributed by atoms with van der Waals surface area (Å²) in [6, 6.07) is 13.9. The number of aromatic nitrogens is 1. The van der Waals surface area contributed by atoms with E-state index in [-0.39, 0.29) is 5.91 Å². The largest absolute Gasteiger partial charge is 0.354 e. The molecule has 0 fully saturated rings. The summed E-state index contributed by atoms with van der Waals surface area (Å²) < 4.78 is 2.06. The van der Waals surface area contributed by atoms with Crippen molar-refractivity contribution in [3.8, 4) is 0 Å². The van der Waals surface area contributed by atoms with E-state index in [2.05, 4.69) is 10.6 Å². The maximum Gasteiger partial charge on any atom is 0.227 e. The lowest BCUT2D eigenvalue weighted by Gasteiger charge is -2.21. The summed E-state index contributed by atoms with van der Waals surface area (Å²) in [5, 5.41) is 0. The molecule has 100 valence electrons. The van der Waals surface area contributed by atoms with Gasteiger partial charge in [-0.05, 0) is 37.6 Å². The average molecular weight is 256 g/mol. The van der Waals surface area contributed by atoms with Gasteiger partial charge in [0.2, 0.25) is 5.91 Å². The van der Waals surface area contributed by atoms with Gasteiger partial charge in [0, 0.05) is 37.6 Å². The Labute approximate surface area is 114 Å². The molecule has 2 aromatic rings. The molecule has 2 rings (SSSR count). The van der Waals surface area contributed by atoms with Crippen molar-refractivity contribution in [3.63, 3.8) is 0 Å². The summed E-state index contributed by atoms with van der Waals surface area (Å²) >= 11 is 0. The van der Waals surface area contributed by atoms with Gasteiger partial charge in [0.1, 0.15) is 0 Å². The number of rotatable bonds is 5. The zero-order chi connectivity index (χ0) is 13.7. The first-order chi connectivity index (χ1) is 9.22. The van der Waals surface area contributed by atoms with E-state index in [4.69, 9.17) is 0 Å². The second kappa shape index (κ2) is 6.23. The molecule has 0 saturated carbocycles. The first-order valence-corrected chi connectivity index (χ1v) is 6.68. The highest BCUT2D eigenvalue weighted by atomic mass is 16.2. The summed E-state index contributed by atoms with van der Waals surface area (Å²) in [6.07, 6.45) is 3.33. The quantitative estimate of drug-likeness (QED) is 0.807. The van der Waals surface area contributed by atoms with E-state index in [9.17, 15) is 4.79 Å². The Kier molecular flexibility index (Phi) is 4.39. The smallest absolute Gasteiger partial charge is 0.227 e. The number of anilines is 1. The van der Waals surface area contributed by atoms with E-state index in [0.717, 1.165) is 12.1 Å². The molecule has 1 amide bonds. The predicted octanol–water partition coefficient (Wildman–Crippen LogP) is 3.01. The van der Waals surface area contributed by atoms with E-state index in [1.165, 1.54) is 5.69 Å². The molecule has 1 heterocycles. The number of para-hydroxylation sites is 1. The Bertz CT molecular complexity index is 531. The van der Waals surface area contributed by atoms with E-state index in [1.807, 2.05) is 61.5 Å². The van der Waals surface area contributed by atoms with Crippen molar-refractivity contribution in [2.45, 2.75) is 19.8 Å². The minimum atomic E-state index is 0.176. The molecule has 0 aliphatic carbocycles. The SMILES string of the molecule is CCN(C(=O)CCc1cccn1C)c1ccccc1. The predicted molar refractivity (Wildman–Crippen MR) is 78.2 cm³/mol. The highest BCUT2D eigenvalue weighted by Gasteiger charge is 2.13. The molecule has 19 heavy (non-hydrogen) atoms. The number of benzene rings is 1. The molecule has 0 saturated heterocycles. The van der Waals surface area contributed by atoms with Crippen LogP contribution < -0.4 is 4.90 Å². The van der Waals surface area contributed by atoms with Gasteiger partial charge in [0.25, 0.3) is 0 Å². The number of hydrogen-bond donors (Lipinski definition) is 0. The molecule has 0 N–H and O–H groups in total. The number of carbonyl (C=O) groups excluding carboxylic acids is 1.